The molecule has 0 saturated heterocycles. The highest BCUT2D eigenvalue weighted by atomic mass is 16.3. The van der Waals surface area contributed by atoms with Crippen molar-refractivity contribution in [3.8, 4) is 0 Å². The molecule has 1 aromatic heterocycles. The smallest absolute Gasteiger partial charge is 0.0960 e. The maximum atomic E-state index is 9.95. The SMILES string of the molecule is Cc1ccnc([C@@H](O)CCC(C)(C)C)c1. The molecule has 1 rings (SSSR count). The Hall–Kier alpha value is -0.890. The van der Waals surface area contributed by atoms with Crippen molar-refractivity contribution in [2.75, 3.05) is 0 Å². The van der Waals surface area contributed by atoms with Gasteiger partial charge < -0.3 is 5.11 Å². The minimum Gasteiger partial charge on any atom is -0.387 e. The minimum atomic E-state index is -0.427. The van der Waals surface area contributed by atoms with E-state index in [9.17, 15) is 5.11 Å². The molecule has 0 spiro atoms. The van der Waals surface area contributed by atoms with Crippen LogP contribution in [0.15, 0.2) is 18.3 Å². The Bertz CT molecular complexity index is 315. The van der Waals surface area contributed by atoms with E-state index in [1.807, 2.05) is 19.1 Å². The number of aliphatic hydroxyl groups excluding tert-OH is 1. The molecule has 0 aliphatic carbocycles. The number of aryl methyl sites for hydroxylation is 1. The molecule has 0 aliphatic rings. The molecule has 1 heterocycles. The van der Waals surface area contributed by atoms with Crippen LogP contribution in [-0.4, -0.2) is 10.1 Å². The average molecular weight is 207 g/mol. The summed E-state index contributed by atoms with van der Waals surface area (Å²) in [6.45, 7) is 8.57. The van der Waals surface area contributed by atoms with Gasteiger partial charge in [0.2, 0.25) is 0 Å². The molecule has 0 saturated carbocycles. The van der Waals surface area contributed by atoms with E-state index >= 15 is 0 Å². The van der Waals surface area contributed by atoms with Crippen molar-refractivity contribution in [2.24, 2.45) is 5.41 Å². The first-order chi connectivity index (χ1) is 6.88. The predicted octanol–water partition coefficient (Wildman–Crippen LogP) is 3.25. The minimum absolute atomic E-state index is 0.269. The maximum Gasteiger partial charge on any atom is 0.0960 e. The number of aliphatic hydroxyl groups is 1. The Morgan fingerprint density at radius 1 is 1.40 bits per heavy atom. The summed E-state index contributed by atoms with van der Waals surface area (Å²) in [4.78, 5) is 4.19. The number of hydrogen-bond acceptors (Lipinski definition) is 2. The monoisotopic (exact) mass is 207 g/mol. The maximum absolute atomic E-state index is 9.95. The highest BCUT2D eigenvalue weighted by Crippen LogP contribution is 2.26. The molecular weight excluding hydrogens is 186 g/mol. The van der Waals surface area contributed by atoms with Gasteiger partial charge in [0.05, 0.1) is 11.8 Å². The molecule has 1 atom stereocenters. The van der Waals surface area contributed by atoms with Crippen LogP contribution in [0.4, 0.5) is 0 Å². The summed E-state index contributed by atoms with van der Waals surface area (Å²) < 4.78 is 0. The van der Waals surface area contributed by atoms with Crippen LogP contribution in [-0.2, 0) is 0 Å². The Kier molecular flexibility index (Phi) is 3.86. The Balaban J connectivity index is 2.58. The van der Waals surface area contributed by atoms with Gasteiger partial charge in [-0.2, -0.15) is 0 Å². The van der Waals surface area contributed by atoms with Gasteiger partial charge in [0, 0.05) is 6.20 Å². The number of nitrogens with zero attached hydrogens (tertiary/aromatic N) is 1. The van der Waals surface area contributed by atoms with E-state index in [0.29, 0.717) is 0 Å². The first-order valence-corrected chi connectivity index (χ1v) is 5.49. The van der Waals surface area contributed by atoms with E-state index in [1.165, 1.54) is 0 Å². The van der Waals surface area contributed by atoms with Crippen LogP contribution in [0.1, 0.15) is 51.0 Å². The van der Waals surface area contributed by atoms with Gasteiger partial charge in [-0.15, -0.1) is 0 Å². The van der Waals surface area contributed by atoms with Crippen molar-refractivity contribution in [1.29, 1.82) is 0 Å². The normalized spacial score (nSPS) is 13.9. The fraction of sp³-hybridized carbons (Fsp3) is 0.615. The molecule has 0 amide bonds. The van der Waals surface area contributed by atoms with Crippen LogP contribution < -0.4 is 0 Å². The van der Waals surface area contributed by atoms with Crippen LogP contribution in [0.2, 0.25) is 0 Å². The zero-order valence-electron chi connectivity index (χ0n) is 10.1. The van der Waals surface area contributed by atoms with E-state index in [1.54, 1.807) is 6.20 Å². The van der Waals surface area contributed by atoms with Crippen LogP contribution in [0.5, 0.6) is 0 Å². The highest BCUT2D eigenvalue weighted by molar-refractivity contribution is 5.16. The van der Waals surface area contributed by atoms with Gasteiger partial charge in [0.25, 0.3) is 0 Å². The Morgan fingerprint density at radius 2 is 2.07 bits per heavy atom. The van der Waals surface area contributed by atoms with Crippen molar-refractivity contribution in [2.45, 2.75) is 46.6 Å². The van der Waals surface area contributed by atoms with E-state index in [4.69, 9.17) is 0 Å². The summed E-state index contributed by atoms with van der Waals surface area (Å²) in [6, 6.07) is 3.90. The molecule has 0 radical (unpaired) electrons. The van der Waals surface area contributed by atoms with Gasteiger partial charge in [-0.05, 0) is 42.9 Å². The van der Waals surface area contributed by atoms with Crippen LogP contribution in [0.3, 0.4) is 0 Å². The third-order valence-electron chi connectivity index (χ3n) is 2.45. The fourth-order valence-corrected chi connectivity index (χ4v) is 1.46. The van der Waals surface area contributed by atoms with E-state index in [0.717, 1.165) is 24.1 Å². The van der Waals surface area contributed by atoms with Crippen molar-refractivity contribution in [1.82, 2.24) is 4.98 Å². The summed E-state index contributed by atoms with van der Waals surface area (Å²) in [6.07, 6.45) is 3.11. The summed E-state index contributed by atoms with van der Waals surface area (Å²) in [5, 5.41) is 9.95. The predicted molar refractivity (Wildman–Crippen MR) is 62.6 cm³/mol. The largest absolute Gasteiger partial charge is 0.387 e. The molecule has 0 fully saturated rings. The average Bonchev–Trinajstić information content (AvgIpc) is 2.13. The summed E-state index contributed by atoms with van der Waals surface area (Å²) in [7, 11) is 0. The molecule has 0 bridgehead atoms. The lowest BCUT2D eigenvalue weighted by Crippen LogP contribution is -2.09. The second-order valence-corrected chi connectivity index (χ2v) is 5.37. The lowest BCUT2D eigenvalue weighted by Gasteiger charge is -2.20. The van der Waals surface area contributed by atoms with Gasteiger partial charge in [-0.3, -0.25) is 4.98 Å². The number of aromatic nitrogens is 1. The van der Waals surface area contributed by atoms with Crippen molar-refractivity contribution in [3.05, 3.63) is 29.6 Å². The quantitative estimate of drug-likeness (QED) is 0.825. The van der Waals surface area contributed by atoms with Gasteiger partial charge >= 0.3 is 0 Å². The van der Waals surface area contributed by atoms with Crippen molar-refractivity contribution < 1.29 is 5.11 Å². The van der Waals surface area contributed by atoms with Crippen LogP contribution >= 0.6 is 0 Å². The topological polar surface area (TPSA) is 33.1 Å². The summed E-state index contributed by atoms with van der Waals surface area (Å²) >= 11 is 0. The second kappa shape index (κ2) is 4.75. The molecule has 1 aromatic rings. The zero-order valence-corrected chi connectivity index (χ0v) is 10.1. The van der Waals surface area contributed by atoms with Gasteiger partial charge in [-0.25, -0.2) is 0 Å². The molecular formula is C13H21NO. The Labute approximate surface area is 92.4 Å². The van der Waals surface area contributed by atoms with E-state index in [2.05, 4.69) is 25.8 Å². The summed E-state index contributed by atoms with van der Waals surface area (Å²) in [5.41, 5.74) is 2.21. The van der Waals surface area contributed by atoms with Gasteiger partial charge in [0.15, 0.2) is 0 Å². The number of pyridine rings is 1. The van der Waals surface area contributed by atoms with E-state index < -0.39 is 6.10 Å². The Morgan fingerprint density at radius 3 is 2.60 bits per heavy atom. The third-order valence-corrected chi connectivity index (χ3v) is 2.45. The molecule has 0 aliphatic heterocycles. The van der Waals surface area contributed by atoms with Crippen LogP contribution in [0, 0.1) is 12.3 Å². The van der Waals surface area contributed by atoms with Crippen LogP contribution in [0.25, 0.3) is 0 Å². The van der Waals surface area contributed by atoms with E-state index in [-0.39, 0.29) is 5.41 Å². The highest BCUT2D eigenvalue weighted by Gasteiger charge is 2.15. The first-order valence-electron chi connectivity index (χ1n) is 5.49. The molecule has 15 heavy (non-hydrogen) atoms. The van der Waals surface area contributed by atoms with Gasteiger partial charge in [-0.1, -0.05) is 20.8 Å². The molecule has 0 aromatic carbocycles. The first kappa shape index (κ1) is 12.2. The standard InChI is InChI=1S/C13H21NO/c1-10-6-8-14-11(9-10)12(15)5-7-13(2,3)4/h6,8-9,12,15H,5,7H2,1-4H3/t12-/m0/s1. The molecule has 84 valence electrons. The zero-order chi connectivity index (χ0) is 11.5. The second-order valence-electron chi connectivity index (χ2n) is 5.37. The van der Waals surface area contributed by atoms with Crippen molar-refractivity contribution in [3.63, 3.8) is 0 Å². The number of hydrogen-bond donors (Lipinski definition) is 1. The molecule has 2 heteroatoms. The summed E-state index contributed by atoms with van der Waals surface area (Å²) in [5.74, 6) is 0. The lowest BCUT2D eigenvalue weighted by molar-refractivity contribution is 0.143. The molecule has 1 N–H and O–H groups in total. The van der Waals surface area contributed by atoms with Crippen molar-refractivity contribution >= 4 is 0 Å². The lowest BCUT2D eigenvalue weighted by atomic mass is 9.88. The third kappa shape index (κ3) is 4.43. The molecule has 2 nitrogen and oxygen atoms in total. The fourth-order valence-electron chi connectivity index (χ4n) is 1.46. The van der Waals surface area contributed by atoms with Gasteiger partial charge in [0.1, 0.15) is 0 Å². The number of rotatable bonds is 3. The molecule has 0 unspecified atom stereocenters.